The van der Waals surface area contributed by atoms with Crippen LogP contribution in [0.5, 0.6) is 0 Å². The Morgan fingerprint density at radius 1 is 1.69 bits per heavy atom. The molecule has 0 amide bonds. The van der Waals surface area contributed by atoms with E-state index in [1.807, 2.05) is 18.5 Å². The topological polar surface area (TPSA) is 50.4 Å². The van der Waals surface area contributed by atoms with Gasteiger partial charge in [-0.3, -0.25) is 4.99 Å². The maximum absolute atomic E-state index is 5.34. The Morgan fingerprint density at radius 2 is 2.46 bits per heavy atom. The van der Waals surface area contributed by atoms with E-state index in [9.17, 15) is 0 Å². The highest BCUT2D eigenvalue weighted by Gasteiger charge is 1.92. The van der Waals surface area contributed by atoms with Gasteiger partial charge in [-0.25, -0.2) is 0 Å². The van der Waals surface area contributed by atoms with Gasteiger partial charge in [0.2, 0.25) is 0 Å². The van der Waals surface area contributed by atoms with Crippen molar-refractivity contribution in [1.29, 1.82) is 0 Å². The van der Waals surface area contributed by atoms with Gasteiger partial charge in [0.1, 0.15) is 0 Å². The van der Waals surface area contributed by atoms with Gasteiger partial charge < -0.3 is 11.1 Å². The molecule has 1 aromatic rings. The van der Waals surface area contributed by atoms with E-state index in [4.69, 9.17) is 5.73 Å². The first-order valence-corrected chi connectivity index (χ1v) is 4.83. The Labute approximate surface area is 82.0 Å². The number of nitrogens with two attached hydrogens (primary N) is 1. The third-order valence-electron chi connectivity index (χ3n) is 1.54. The molecule has 0 aromatic carbocycles. The van der Waals surface area contributed by atoms with Gasteiger partial charge in [-0.2, -0.15) is 0 Å². The van der Waals surface area contributed by atoms with Crippen molar-refractivity contribution in [3.63, 3.8) is 0 Å². The Balaban J connectivity index is 2.68. The zero-order chi connectivity index (χ0) is 9.68. The van der Waals surface area contributed by atoms with E-state index in [-0.39, 0.29) is 0 Å². The van der Waals surface area contributed by atoms with Crippen molar-refractivity contribution in [3.05, 3.63) is 28.2 Å². The van der Waals surface area contributed by atoms with Crippen LogP contribution in [0.1, 0.15) is 4.88 Å². The zero-order valence-electron chi connectivity index (χ0n) is 7.74. The van der Waals surface area contributed by atoms with Crippen LogP contribution >= 0.6 is 11.3 Å². The standard InChI is InChI=1S/C9H13N3S/c1-7-3-8(6-13-7)12-5-9(4-10)11-2/h3-6,11H,10H2,1-2H3. The lowest BCUT2D eigenvalue weighted by Gasteiger charge is -1.95. The van der Waals surface area contributed by atoms with E-state index in [2.05, 4.69) is 17.2 Å². The molecule has 1 rings (SSSR count). The summed E-state index contributed by atoms with van der Waals surface area (Å²) in [6.07, 6.45) is 3.20. The number of thiophene rings is 1. The molecule has 4 heteroatoms. The number of rotatable bonds is 3. The molecule has 3 nitrogen and oxygen atoms in total. The number of allylic oxidation sites excluding steroid dienone is 1. The average Bonchev–Trinajstić information content (AvgIpc) is 2.53. The molecule has 0 saturated heterocycles. The SMILES string of the molecule is CNC(C=Nc1csc(C)c1)=CN. The Hall–Kier alpha value is -1.29. The normalized spacial score (nSPS) is 12.3. The first-order valence-electron chi connectivity index (χ1n) is 3.95. The van der Waals surface area contributed by atoms with E-state index >= 15 is 0 Å². The Morgan fingerprint density at radius 3 is 2.92 bits per heavy atom. The number of aliphatic imine (C=N–C) groups is 1. The first-order chi connectivity index (χ1) is 6.26. The molecular weight excluding hydrogens is 182 g/mol. The van der Waals surface area contributed by atoms with Gasteiger partial charge in [0.15, 0.2) is 0 Å². The lowest BCUT2D eigenvalue weighted by Crippen LogP contribution is -2.08. The maximum atomic E-state index is 5.34. The van der Waals surface area contributed by atoms with E-state index in [1.165, 1.54) is 11.1 Å². The van der Waals surface area contributed by atoms with Crippen LogP contribution in [-0.2, 0) is 0 Å². The largest absolute Gasteiger partial charge is 0.403 e. The Kier molecular flexibility index (Phi) is 3.52. The van der Waals surface area contributed by atoms with Crippen LogP contribution < -0.4 is 11.1 Å². The number of nitrogens with zero attached hydrogens (tertiary/aromatic N) is 1. The summed E-state index contributed by atoms with van der Waals surface area (Å²) >= 11 is 1.69. The predicted octanol–water partition coefficient (Wildman–Crippen LogP) is 1.78. The highest BCUT2D eigenvalue weighted by atomic mass is 32.1. The van der Waals surface area contributed by atoms with Gasteiger partial charge in [-0.05, 0) is 13.0 Å². The smallest absolute Gasteiger partial charge is 0.0740 e. The minimum Gasteiger partial charge on any atom is -0.403 e. The van der Waals surface area contributed by atoms with Crippen molar-refractivity contribution < 1.29 is 0 Å². The summed E-state index contributed by atoms with van der Waals surface area (Å²) in [5, 5.41) is 4.93. The third kappa shape index (κ3) is 2.91. The van der Waals surface area contributed by atoms with Crippen molar-refractivity contribution in [2.75, 3.05) is 7.05 Å². The van der Waals surface area contributed by atoms with Gasteiger partial charge in [-0.15, -0.1) is 11.3 Å². The third-order valence-corrected chi connectivity index (χ3v) is 2.39. The molecule has 0 atom stereocenters. The highest BCUT2D eigenvalue weighted by molar-refractivity contribution is 7.10. The van der Waals surface area contributed by atoms with Crippen LogP contribution in [0, 0.1) is 6.92 Å². The molecular formula is C9H13N3S. The van der Waals surface area contributed by atoms with Crippen LogP contribution in [0.25, 0.3) is 0 Å². The van der Waals surface area contributed by atoms with Gasteiger partial charge in [0, 0.05) is 23.5 Å². The second kappa shape index (κ2) is 4.67. The minimum absolute atomic E-state index is 0.809. The molecule has 0 fully saturated rings. The van der Waals surface area contributed by atoms with Crippen molar-refractivity contribution in [2.24, 2.45) is 10.7 Å². The fraction of sp³-hybridized carbons (Fsp3) is 0.222. The first kappa shape index (κ1) is 9.80. The molecule has 0 bridgehead atoms. The quantitative estimate of drug-likeness (QED) is 0.722. The molecule has 0 aliphatic rings. The summed E-state index contributed by atoms with van der Waals surface area (Å²) in [5.41, 5.74) is 7.12. The van der Waals surface area contributed by atoms with Gasteiger partial charge in [0.25, 0.3) is 0 Å². The molecule has 0 unspecified atom stereocenters. The average molecular weight is 195 g/mol. The summed E-state index contributed by atoms with van der Waals surface area (Å²) in [6, 6.07) is 2.03. The number of hydrogen-bond donors (Lipinski definition) is 2. The van der Waals surface area contributed by atoms with Crippen LogP contribution in [0.3, 0.4) is 0 Å². The predicted molar refractivity (Wildman–Crippen MR) is 58.5 cm³/mol. The summed E-state index contributed by atoms with van der Waals surface area (Å²) < 4.78 is 0. The van der Waals surface area contributed by atoms with Crippen LogP contribution in [0.15, 0.2) is 28.3 Å². The molecule has 13 heavy (non-hydrogen) atoms. The maximum Gasteiger partial charge on any atom is 0.0740 e. The van der Waals surface area contributed by atoms with Gasteiger partial charge in [-0.1, -0.05) is 0 Å². The van der Waals surface area contributed by atoms with Crippen molar-refractivity contribution in [1.82, 2.24) is 5.32 Å². The molecule has 1 aromatic heterocycles. The fourth-order valence-corrected chi connectivity index (χ4v) is 1.46. The molecule has 1 heterocycles. The number of hydrogen-bond acceptors (Lipinski definition) is 4. The second-order valence-corrected chi connectivity index (χ2v) is 3.66. The second-order valence-electron chi connectivity index (χ2n) is 2.55. The molecule has 0 radical (unpaired) electrons. The zero-order valence-corrected chi connectivity index (χ0v) is 8.56. The lowest BCUT2D eigenvalue weighted by molar-refractivity contribution is 1.05. The van der Waals surface area contributed by atoms with Gasteiger partial charge >= 0.3 is 0 Å². The van der Waals surface area contributed by atoms with Gasteiger partial charge in [0.05, 0.1) is 17.6 Å². The molecule has 0 saturated carbocycles. The van der Waals surface area contributed by atoms with Crippen LogP contribution in [0.2, 0.25) is 0 Å². The summed E-state index contributed by atoms with van der Waals surface area (Å²) in [4.78, 5) is 5.50. The van der Waals surface area contributed by atoms with Crippen LogP contribution in [-0.4, -0.2) is 13.3 Å². The molecule has 0 aliphatic carbocycles. The number of nitrogens with one attached hydrogen (secondary N) is 1. The number of aryl methyl sites for hydroxylation is 1. The molecule has 0 aliphatic heterocycles. The minimum atomic E-state index is 0.809. The molecule has 70 valence electrons. The summed E-state index contributed by atoms with van der Waals surface area (Å²) in [7, 11) is 1.81. The van der Waals surface area contributed by atoms with Crippen molar-refractivity contribution >= 4 is 23.2 Å². The summed E-state index contributed by atoms with van der Waals surface area (Å²) in [5.74, 6) is 0. The Bertz CT molecular complexity index is 325. The van der Waals surface area contributed by atoms with Crippen molar-refractivity contribution in [3.8, 4) is 0 Å². The summed E-state index contributed by atoms with van der Waals surface area (Å²) in [6.45, 7) is 2.06. The van der Waals surface area contributed by atoms with Crippen molar-refractivity contribution in [2.45, 2.75) is 6.92 Å². The van der Waals surface area contributed by atoms with E-state index in [0.29, 0.717) is 0 Å². The lowest BCUT2D eigenvalue weighted by atomic mass is 10.4. The van der Waals surface area contributed by atoms with E-state index < -0.39 is 0 Å². The monoisotopic (exact) mass is 195 g/mol. The highest BCUT2D eigenvalue weighted by Crippen LogP contribution is 2.20. The van der Waals surface area contributed by atoms with E-state index in [0.717, 1.165) is 11.4 Å². The van der Waals surface area contributed by atoms with Crippen LogP contribution in [0.4, 0.5) is 5.69 Å². The van der Waals surface area contributed by atoms with E-state index in [1.54, 1.807) is 17.6 Å². The molecule has 3 N–H and O–H groups in total. The fourth-order valence-electron chi connectivity index (χ4n) is 0.832. The molecule has 0 spiro atoms.